The fourth-order valence-electron chi connectivity index (χ4n) is 1.50. The van der Waals surface area contributed by atoms with Crippen LogP contribution in [0.2, 0.25) is 0 Å². The number of rotatable bonds is 1. The highest BCUT2D eigenvalue weighted by molar-refractivity contribution is 5.48. The van der Waals surface area contributed by atoms with Crippen molar-refractivity contribution in [3.05, 3.63) is 42.8 Å². The van der Waals surface area contributed by atoms with Crippen LogP contribution in [0.5, 0.6) is 0 Å². The third kappa shape index (κ3) is 0.929. The molecular formula is C10H11N. The predicted octanol–water partition coefficient (Wildman–Crippen LogP) is 2.63. The highest BCUT2D eigenvalue weighted by Gasteiger charge is 2.10. The number of hydrogen-bond acceptors (Lipinski definition) is 0. The molecular weight excluding hydrogens is 134 g/mol. The highest BCUT2D eigenvalue weighted by Crippen LogP contribution is 2.22. The second kappa shape index (κ2) is 2.42. The molecule has 1 nitrogen and oxygen atoms in total. The van der Waals surface area contributed by atoms with Gasteiger partial charge in [-0.3, -0.25) is 0 Å². The van der Waals surface area contributed by atoms with Gasteiger partial charge in [0.25, 0.3) is 0 Å². The van der Waals surface area contributed by atoms with E-state index in [0.29, 0.717) is 6.04 Å². The molecule has 1 aromatic rings. The Morgan fingerprint density at radius 2 is 2.55 bits per heavy atom. The van der Waals surface area contributed by atoms with Crippen molar-refractivity contribution in [1.29, 1.82) is 0 Å². The van der Waals surface area contributed by atoms with Gasteiger partial charge in [-0.2, -0.15) is 0 Å². The molecule has 2 heterocycles. The lowest BCUT2D eigenvalue weighted by molar-refractivity contribution is 0.603. The van der Waals surface area contributed by atoms with Crippen molar-refractivity contribution in [3.63, 3.8) is 0 Å². The van der Waals surface area contributed by atoms with Crippen LogP contribution in [0.25, 0.3) is 6.08 Å². The Bertz CT molecular complexity index is 294. The SMILES string of the molecule is C=C[C@@H]1CC=Cc2cccn21. The Morgan fingerprint density at radius 3 is 3.36 bits per heavy atom. The Balaban J connectivity index is 2.48. The molecule has 0 bridgehead atoms. The van der Waals surface area contributed by atoms with Crippen LogP contribution in [-0.4, -0.2) is 4.57 Å². The van der Waals surface area contributed by atoms with Gasteiger partial charge in [0.15, 0.2) is 0 Å². The van der Waals surface area contributed by atoms with E-state index in [9.17, 15) is 0 Å². The second-order valence-corrected chi connectivity index (χ2v) is 2.78. The first-order chi connectivity index (χ1) is 5.42. The molecule has 0 fully saturated rings. The first-order valence-electron chi connectivity index (χ1n) is 3.88. The molecule has 0 saturated heterocycles. The van der Waals surface area contributed by atoms with Crippen LogP contribution in [-0.2, 0) is 0 Å². The molecule has 0 unspecified atom stereocenters. The number of hydrogen-bond donors (Lipinski definition) is 0. The van der Waals surface area contributed by atoms with Crippen LogP contribution in [0.4, 0.5) is 0 Å². The van der Waals surface area contributed by atoms with Gasteiger partial charge in [-0.1, -0.05) is 12.2 Å². The van der Waals surface area contributed by atoms with E-state index in [-0.39, 0.29) is 0 Å². The van der Waals surface area contributed by atoms with Crippen molar-refractivity contribution in [3.8, 4) is 0 Å². The van der Waals surface area contributed by atoms with Crippen LogP contribution in [0.3, 0.4) is 0 Å². The average molecular weight is 145 g/mol. The van der Waals surface area contributed by atoms with E-state index in [4.69, 9.17) is 0 Å². The van der Waals surface area contributed by atoms with E-state index >= 15 is 0 Å². The Hall–Kier alpha value is -1.24. The summed E-state index contributed by atoms with van der Waals surface area (Å²) in [5.74, 6) is 0. The van der Waals surface area contributed by atoms with Gasteiger partial charge in [0, 0.05) is 11.9 Å². The Morgan fingerprint density at radius 1 is 1.64 bits per heavy atom. The maximum absolute atomic E-state index is 3.81. The lowest BCUT2D eigenvalue weighted by Gasteiger charge is -2.18. The summed E-state index contributed by atoms with van der Waals surface area (Å²) in [7, 11) is 0. The second-order valence-electron chi connectivity index (χ2n) is 2.78. The molecule has 0 amide bonds. The molecule has 0 aromatic carbocycles. The summed E-state index contributed by atoms with van der Waals surface area (Å²) >= 11 is 0. The topological polar surface area (TPSA) is 4.93 Å². The first kappa shape index (κ1) is 6.47. The van der Waals surface area contributed by atoms with E-state index in [0.717, 1.165) is 6.42 Å². The number of allylic oxidation sites excluding steroid dienone is 2. The fraction of sp³-hybridized carbons (Fsp3) is 0.200. The van der Waals surface area contributed by atoms with Crippen LogP contribution in [0, 0.1) is 0 Å². The molecule has 1 aliphatic heterocycles. The van der Waals surface area contributed by atoms with Crippen LogP contribution < -0.4 is 0 Å². The van der Waals surface area contributed by atoms with Crippen LogP contribution in [0.1, 0.15) is 18.2 Å². The summed E-state index contributed by atoms with van der Waals surface area (Å²) < 4.78 is 2.24. The van der Waals surface area contributed by atoms with Crippen molar-refractivity contribution in [1.82, 2.24) is 4.57 Å². The summed E-state index contributed by atoms with van der Waals surface area (Å²) in [5, 5.41) is 0. The molecule has 0 aliphatic carbocycles. The summed E-state index contributed by atoms with van der Waals surface area (Å²) in [4.78, 5) is 0. The van der Waals surface area contributed by atoms with Gasteiger partial charge in [-0.25, -0.2) is 0 Å². The minimum Gasteiger partial charge on any atom is -0.341 e. The minimum atomic E-state index is 0.463. The van der Waals surface area contributed by atoms with E-state index in [1.807, 2.05) is 6.08 Å². The Kier molecular flexibility index (Phi) is 1.42. The summed E-state index contributed by atoms with van der Waals surface area (Å²) in [6.45, 7) is 3.81. The van der Waals surface area contributed by atoms with E-state index < -0.39 is 0 Å². The molecule has 0 N–H and O–H groups in total. The first-order valence-corrected chi connectivity index (χ1v) is 3.88. The van der Waals surface area contributed by atoms with E-state index in [1.54, 1.807) is 0 Å². The van der Waals surface area contributed by atoms with Gasteiger partial charge in [0.1, 0.15) is 0 Å². The lowest BCUT2D eigenvalue weighted by atomic mass is 10.1. The molecule has 2 rings (SSSR count). The van der Waals surface area contributed by atoms with Crippen LogP contribution >= 0.6 is 0 Å². The summed E-state index contributed by atoms with van der Waals surface area (Å²) in [6.07, 6.45) is 9.52. The summed E-state index contributed by atoms with van der Waals surface area (Å²) in [6, 6.07) is 4.65. The Labute approximate surface area is 66.7 Å². The van der Waals surface area contributed by atoms with Gasteiger partial charge in [0.2, 0.25) is 0 Å². The fourth-order valence-corrected chi connectivity index (χ4v) is 1.50. The molecule has 56 valence electrons. The van der Waals surface area contributed by atoms with Gasteiger partial charge in [-0.15, -0.1) is 6.58 Å². The van der Waals surface area contributed by atoms with Crippen molar-refractivity contribution < 1.29 is 0 Å². The van der Waals surface area contributed by atoms with Crippen molar-refractivity contribution in [2.45, 2.75) is 12.5 Å². The van der Waals surface area contributed by atoms with Crippen molar-refractivity contribution in [2.24, 2.45) is 0 Å². The highest BCUT2D eigenvalue weighted by atomic mass is 15.0. The third-order valence-corrected chi connectivity index (χ3v) is 2.11. The lowest BCUT2D eigenvalue weighted by Crippen LogP contribution is -2.08. The van der Waals surface area contributed by atoms with E-state index in [1.165, 1.54) is 5.69 Å². The predicted molar refractivity (Wildman–Crippen MR) is 47.3 cm³/mol. The smallest absolute Gasteiger partial charge is 0.0548 e. The zero-order chi connectivity index (χ0) is 7.68. The summed E-state index contributed by atoms with van der Waals surface area (Å²) in [5.41, 5.74) is 1.28. The quantitative estimate of drug-likeness (QED) is 0.535. The molecule has 0 radical (unpaired) electrons. The molecule has 0 saturated carbocycles. The minimum absolute atomic E-state index is 0.463. The maximum Gasteiger partial charge on any atom is 0.0548 e. The van der Waals surface area contributed by atoms with Gasteiger partial charge in [0.05, 0.1) is 6.04 Å². The zero-order valence-corrected chi connectivity index (χ0v) is 6.40. The third-order valence-electron chi connectivity index (χ3n) is 2.11. The number of nitrogens with zero attached hydrogens (tertiary/aromatic N) is 1. The molecule has 11 heavy (non-hydrogen) atoms. The van der Waals surface area contributed by atoms with E-state index in [2.05, 4.69) is 41.6 Å². The molecule has 0 spiro atoms. The molecule has 1 aromatic heterocycles. The molecule has 1 heteroatoms. The molecule has 1 atom stereocenters. The standard InChI is InChI=1S/C10H11N/c1-2-9-5-3-6-10-7-4-8-11(9)10/h2-4,6-9H,1,5H2/t9-/m1/s1. The van der Waals surface area contributed by atoms with Crippen molar-refractivity contribution in [2.75, 3.05) is 0 Å². The normalized spacial score (nSPS) is 21.3. The maximum atomic E-state index is 3.81. The average Bonchev–Trinajstić information content (AvgIpc) is 2.50. The number of aromatic nitrogens is 1. The number of fused-ring (bicyclic) bond motifs is 1. The van der Waals surface area contributed by atoms with Crippen molar-refractivity contribution >= 4 is 6.08 Å². The van der Waals surface area contributed by atoms with Gasteiger partial charge >= 0.3 is 0 Å². The molecule has 1 aliphatic rings. The monoisotopic (exact) mass is 145 g/mol. The largest absolute Gasteiger partial charge is 0.341 e. The zero-order valence-electron chi connectivity index (χ0n) is 6.40. The van der Waals surface area contributed by atoms with Crippen LogP contribution in [0.15, 0.2) is 37.1 Å². The van der Waals surface area contributed by atoms with Gasteiger partial charge in [-0.05, 0) is 24.6 Å². The van der Waals surface area contributed by atoms with Gasteiger partial charge < -0.3 is 4.57 Å².